The molecule has 0 bridgehead atoms. The molecule has 0 aromatic rings. The van der Waals surface area contributed by atoms with Crippen molar-refractivity contribution in [1.82, 2.24) is 0 Å². The highest BCUT2D eigenvalue weighted by Crippen LogP contribution is 2.36. The van der Waals surface area contributed by atoms with E-state index in [0.29, 0.717) is 6.42 Å². The van der Waals surface area contributed by atoms with Gasteiger partial charge in [0.2, 0.25) is 0 Å². The molecule has 2 N–H and O–H groups in total. The van der Waals surface area contributed by atoms with Crippen LogP contribution in [0.25, 0.3) is 0 Å². The van der Waals surface area contributed by atoms with Gasteiger partial charge in [0.25, 0.3) is 0 Å². The lowest BCUT2D eigenvalue weighted by Crippen LogP contribution is -2.29. The summed E-state index contributed by atoms with van der Waals surface area (Å²) in [5, 5.41) is 0. The summed E-state index contributed by atoms with van der Waals surface area (Å²) in [6, 6.07) is 0. The molecule has 0 aromatic carbocycles. The molecule has 0 spiro atoms. The maximum atomic E-state index is 12.4. The first-order valence-corrected chi connectivity index (χ1v) is 24.3. The SMILES string of the molecule is CCCCC/C=C/C/C=C/C/C=C/CCCCCCC(=O)O[C@H](COC(=O)CCCCCCCCCCCCCCCCCCCCCC)COP(=O)(O)O. The third-order valence-corrected chi connectivity index (χ3v) is 10.4. The van der Waals surface area contributed by atoms with Crippen molar-refractivity contribution in [2.75, 3.05) is 13.2 Å². The third-order valence-electron chi connectivity index (χ3n) is 9.91. The molecule has 0 amide bonds. The van der Waals surface area contributed by atoms with Crippen LogP contribution in [0.15, 0.2) is 36.5 Å². The van der Waals surface area contributed by atoms with Gasteiger partial charge in [-0.25, -0.2) is 4.57 Å². The molecule has 0 aliphatic rings. The van der Waals surface area contributed by atoms with Crippen molar-refractivity contribution in [3.8, 4) is 0 Å². The van der Waals surface area contributed by atoms with E-state index in [2.05, 4.69) is 54.8 Å². The predicted molar refractivity (Wildman–Crippen MR) is 230 cm³/mol. The molecule has 0 radical (unpaired) electrons. The van der Waals surface area contributed by atoms with Gasteiger partial charge in [-0.3, -0.25) is 14.1 Å². The lowest BCUT2D eigenvalue weighted by molar-refractivity contribution is -0.161. The van der Waals surface area contributed by atoms with Crippen LogP contribution in [-0.4, -0.2) is 41.0 Å². The molecule has 9 heteroatoms. The lowest BCUT2D eigenvalue weighted by Gasteiger charge is -2.18. The second-order valence-corrected chi connectivity index (χ2v) is 16.6. The van der Waals surface area contributed by atoms with E-state index in [0.717, 1.165) is 57.8 Å². The van der Waals surface area contributed by atoms with E-state index in [1.54, 1.807) is 0 Å². The van der Waals surface area contributed by atoms with Crippen molar-refractivity contribution < 1.29 is 37.9 Å². The smallest absolute Gasteiger partial charge is 0.462 e. The molecule has 55 heavy (non-hydrogen) atoms. The van der Waals surface area contributed by atoms with Crippen molar-refractivity contribution in [1.29, 1.82) is 0 Å². The molecule has 0 unspecified atom stereocenters. The Balaban J connectivity index is 3.88. The number of rotatable bonds is 42. The van der Waals surface area contributed by atoms with Crippen LogP contribution < -0.4 is 0 Å². The zero-order chi connectivity index (χ0) is 40.3. The van der Waals surface area contributed by atoms with Crippen molar-refractivity contribution in [2.24, 2.45) is 0 Å². The maximum Gasteiger partial charge on any atom is 0.469 e. The quantitative estimate of drug-likeness (QED) is 0.0271. The molecule has 322 valence electrons. The van der Waals surface area contributed by atoms with Crippen molar-refractivity contribution in [3.63, 3.8) is 0 Å². The van der Waals surface area contributed by atoms with Gasteiger partial charge in [0.05, 0.1) is 6.61 Å². The van der Waals surface area contributed by atoms with Crippen LogP contribution in [0.2, 0.25) is 0 Å². The molecular formula is C46H85O8P. The molecule has 0 aliphatic carbocycles. The summed E-state index contributed by atoms with van der Waals surface area (Å²) in [5.74, 6) is -0.901. The Morgan fingerprint density at radius 3 is 1.25 bits per heavy atom. The number of ether oxygens (including phenoxy) is 2. The predicted octanol–water partition coefficient (Wildman–Crippen LogP) is 14.1. The summed E-state index contributed by atoms with van der Waals surface area (Å²) in [5.41, 5.74) is 0. The summed E-state index contributed by atoms with van der Waals surface area (Å²) in [7, 11) is -4.76. The minimum Gasteiger partial charge on any atom is -0.462 e. The summed E-state index contributed by atoms with van der Waals surface area (Å²) in [4.78, 5) is 42.9. The van der Waals surface area contributed by atoms with Gasteiger partial charge < -0.3 is 19.3 Å². The highest BCUT2D eigenvalue weighted by atomic mass is 31.2. The second-order valence-electron chi connectivity index (χ2n) is 15.4. The van der Waals surface area contributed by atoms with Gasteiger partial charge in [0.1, 0.15) is 6.61 Å². The number of hydrogen-bond donors (Lipinski definition) is 2. The number of phosphoric acid groups is 1. The van der Waals surface area contributed by atoms with Gasteiger partial charge in [-0.15, -0.1) is 0 Å². The zero-order valence-electron chi connectivity index (χ0n) is 35.6. The first-order chi connectivity index (χ1) is 26.8. The number of carbonyl (C=O) groups excluding carboxylic acids is 2. The number of unbranched alkanes of at least 4 members (excludes halogenated alkanes) is 26. The Bertz CT molecular complexity index is 988. The molecular weight excluding hydrogens is 711 g/mol. The van der Waals surface area contributed by atoms with Gasteiger partial charge >= 0.3 is 19.8 Å². The maximum absolute atomic E-state index is 12.4. The monoisotopic (exact) mass is 797 g/mol. The molecule has 0 aliphatic heterocycles. The minimum absolute atomic E-state index is 0.188. The topological polar surface area (TPSA) is 119 Å². The van der Waals surface area contributed by atoms with Crippen LogP contribution >= 0.6 is 7.82 Å². The van der Waals surface area contributed by atoms with E-state index < -0.39 is 32.5 Å². The largest absolute Gasteiger partial charge is 0.469 e. The van der Waals surface area contributed by atoms with Gasteiger partial charge in [-0.2, -0.15) is 0 Å². The van der Waals surface area contributed by atoms with E-state index >= 15 is 0 Å². The highest BCUT2D eigenvalue weighted by Gasteiger charge is 2.22. The van der Waals surface area contributed by atoms with Crippen LogP contribution in [0.1, 0.15) is 226 Å². The summed E-state index contributed by atoms with van der Waals surface area (Å²) < 4.78 is 26.4. The average molecular weight is 797 g/mol. The van der Waals surface area contributed by atoms with Crippen LogP contribution in [0.5, 0.6) is 0 Å². The molecule has 0 saturated carbocycles. The van der Waals surface area contributed by atoms with Gasteiger partial charge in [0, 0.05) is 12.8 Å². The number of phosphoric ester groups is 1. The molecule has 0 heterocycles. The summed E-state index contributed by atoms with van der Waals surface area (Å²) >= 11 is 0. The summed E-state index contributed by atoms with van der Waals surface area (Å²) in [6.45, 7) is 3.67. The Labute approximate surface area is 338 Å². The van der Waals surface area contributed by atoms with Crippen molar-refractivity contribution in [2.45, 2.75) is 232 Å². The standard InChI is InChI=1S/C46H85O8P/c1-3-5-7-9-11-13-15-17-19-21-22-23-25-26-28-30-32-34-36-38-40-45(47)52-42-44(43-53-55(49,50)51)54-46(48)41-39-37-35-33-31-29-27-24-20-18-16-14-12-10-8-6-4-2/h12,14,18,20,27,29,44H,3-11,13,15-17,19,21-26,28,30-43H2,1-2H3,(H2,49,50,51)/b14-12+,20-18+,29-27+/t44-/m1/s1. The molecule has 0 aromatic heterocycles. The van der Waals surface area contributed by atoms with Gasteiger partial charge in [-0.1, -0.05) is 198 Å². The fourth-order valence-corrected chi connectivity index (χ4v) is 6.86. The van der Waals surface area contributed by atoms with Crippen molar-refractivity contribution >= 4 is 19.8 Å². The minimum atomic E-state index is -4.76. The molecule has 8 nitrogen and oxygen atoms in total. The number of hydrogen-bond acceptors (Lipinski definition) is 6. The fourth-order valence-electron chi connectivity index (χ4n) is 6.50. The van der Waals surface area contributed by atoms with E-state index in [4.69, 9.17) is 19.3 Å². The van der Waals surface area contributed by atoms with Crippen LogP contribution in [0.3, 0.4) is 0 Å². The molecule has 0 fully saturated rings. The Kier molecular flexibility index (Phi) is 40.6. The van der Waals surface area contributed by atoms with Crippen LogP contribution in [-0.2, 0) is 28.2 Å². The van der Waals surface area contributed by atoms with Crippen LogP contribution in [0, 0.1) is 0 Å². The van der Waals surface area contributed by atoms with Crippen LogP contribution in [0.4, 0.5) is 0 Å². The van der Waals surface area contributed by atoms with Gasteiger partial charge in [-0.05, 0) is 51.4 Å². The highest BCUT2D eigenvalue weighted by molar-refractivity contribution is 7.46. The van der Waals surface area contributed by atoms with Crippen molar-refractivity contribution in [3.05, 3.63) is 36.5 Å². The van der Waals surface area contributed by atoms with E-state index in [1.807, 2.05) is 0 Å². The number of allylic oxidation sites excluding steroid dienone is 6. The molecule has 0 saturated heterocycles. The first-order valence-electron chi connectivity index (χ1n) is 22.8. The zero-order valence-corrected chi connectivity index (χ0v) is 36.5. The Hall–Kier alpha value is -1.73. The summed E-state index contributed by atoms with van der Waals surface area (Å²) in [6.07, 6.45) is 50.1. The van der Waals surface area contributed by atoms with E-state index in [9.17, 15) is 14.2 Å². The Morgan fingerprint density at radius 1 is 0.473 bits per heavy atom. The fraction of sp³-hybridized carbons (Fsp3) is 0.826. The third kappa shape index (κ3) is 44.8. The average Bonchev–Trinajstić information content (AvgIpc) is 3.16. The first kappa shape index (κ1) is 53.3. The molecule has 0 rings (SSSR count). The number of esters is 2. The Morgan fingerprint density at radius 2 is 0.818 bits per heavy atom. The molecule has 1 atom stereocenters. The second kappa shape index (κ2) is 41.9. The van der Waals surface area contributed by atoms with E-state index in [-0.39, 0.29) is 19.4 Å². The normalized spacial score (nSPS) is 12.7. The van der Waals surface area contributed by atoms with Gasteiger partial charge in [0.15, 0.2) is 6.10 Å². The van der Waals surface area contributed by atoms with E-state index in [1.165, 1.54) is 135 Å². The number of carbonyl (C=O) groups is 2. The lowest BCUT2D eigenvalue weighted by atomic mass is 10.0.